The number of phenolic OH excluding ortho intramolecular Hbond substituents is 1. The van der Waals surface area contributed by atoms with Gasteiger partial charge in [0.25, 0.3) is 0 Å². The minimum Gasteiger partial charge on any atom is -0.504 e. The molecule has 0 unspecified atom stereocenters. The Morgan fingerprint density at radius 2 is 1.96 bits per heavy atom. The maximum Gasteiger partial charge on any atom is 0.307 e. The lowest BCUT2D eigenvalue weighted by molar-refractivity contribution is 0.0929. The van der Waals surface area contributed by atoms with E-state index in [1.165, 1.54) is 13.3 Å². The van der Waals surface area contributed by atoms with Crippen LogP contribution < -0.4 is 10.2 Å². The molecule has 27 heavy (non-hydrogen) atoms. The highest BCUT2D eigenvalue weighted by molar-refractivity contribution is 6.08. The standard InChI is InChI=1S/C21H16N2O4/c1-26-18-8-4-6-14(20(18)24)12-22-23-21(25)19-11-16-15-7-3-2-5-13(15)9-10-17(16)27-19/h2-12,24H,1H3,(H,23,25)/b22-12-. The van der Waals surface area contributed by atoms with Crippen LogP contribution in [0.25, 0.3) is 21.7 Å². The molecule has 3 aromatic carbocycles. The molecule has 2 N–H and O–H groups in total. The van der Waals surface area contributed by atoms with E-state index in [9.17, 15) is 9.90 Å². The maximum absolute atomic E-state index is 12.3. The van der Waals surface area contributed by atoms with Crippen LogP contribution in [0.1, 0.15) is 16.1 Å². The van der Waals surface area contributed by atoms with Gasteiger partial charge in [-0.15, -0.1) is 0 Å². The van der Waals surface area contributed by atoms with Gasteiger partial charge in [-0.25, -0.2) is 5.43 Å². The minimum absolute atomic E-state index is 0.0480. The van der Waals surface area contributed by atoms with Crippen molar-refractivity contribution in [2.45, 2.75) is 0 Å². The normalized spacial score (nSPS) is 11.3. The van der Waals surface area contributed by atoms with E-state index in [2.05, 4.69) is 10.5 Å². The molecule has 0 radical (unpaired) electrons. The molecular weight excluding hydrogens is 344 g/mol. The molecule has 0 saturated heterocycles. The number of fused-ring (bicyclic) bond motifs is 3. The van der Waals surface area contributed by atoms with Crippen molar-refractivity contribution in [3.8, 4) is 11.5 Å². The van der Waals surface area contributed by atoms with E-state index in [1.807, 2.05) is 36.4 Å². The molecule has 4 aromatic rings. The van der Waals surface area contributed by atoms with Crippen LogP contribution >= 0.6 is 0 Å². The topological polar surface area (TPSA) is 84.1 Å². The van der Waals surface area contributed by atoms with Gasteiger partial charge >= 0.3 is 5.91 Å². The zero-order valence-corrected chi connectivity index (χ0v) is 14.5. The largest absolute Gasteiger partial charge is 0.504 e. The first kappa shape index (κ1) is 16.7. The number of amides is 1. The van der Waals surface area contributed by atoms with E-state index in [1.54, 1.807) is 24.3 Å². The summed E-state index contributed by atoms with van der Waals surface area (Å²) in [5.41, 5.74) is 3.46. The van der Waals surface area contributed by atoms with Gasteiger partial charge < -0.3 is 14.3 Å². The highest BCUT2D eigenvalue weighted by atomic mass is 16.5. The molecule has 0 bridgehead atoms. The lowest BCUT2D eigenvalue weighted by Gasteiger charge is -2.04. The molecule has 0 saturated carbocycles. The Kier molecular flexibility index (Phi) is 4.22. The highest BCUT2D eigenvalue weighted by Crippen LogP contribution is 2.29. The summed E-state index contributed by atoms with van der Waals surface area (Å²) >= 11 is 0. The number of methoxy groups -OCH3 is 1. The summed E-state index contributed by atoms with van der Waals surface area (Å²) in [6.07, 6.45) is 1.34. The van der Waals surface area contributed by atoms with E-state index in [0.717, 1.165) is 16.2 Å². The minimum atomic E-state index is -0.478. The first-order valence-electron chi connectivity index (χ1n) is 8.28. The van der Waals surface area contributed by atoms with Crippen LogP contribution in [0.4, 0.5) is 0 Å². The molecule has 1 heterocycles. The van der Waals surface area contributed by atoms with Gasteiger partial charge in [0, 0.05) is 10.9 Å². The van der Waals surface area contributed by atoms with Crippen molar-refractivity contribution in [2.75, 3.05) is 7.11 Å². The van der Waals surface area contributed by atoms with Crippen molar-refractivity contribution >= 4 is 33.9 Å². The average molecular weight is 360 g/mol. The molecule has 6 nitrogen and oxygen atoms in total. The lowest BCUT2D eigenvalue weighted by Crippen LogP contribution is -2.16. The highest BCUT2D eigenvalue weighted by Gasteiger charge is 2.13. The van der Waals surface area contributed by atoms with Gasteiger partial charge in [0.2, 0.25) is 0 Å². The van der Waals surface area contributed by atoms with Crippen molar-refractivity contribution in [1.29, 1.82) is 0 Å². The zero-order chi connectivity index (χ0) is 18.8. The van der Waals surface area contributed by atoms with E-state index >= 15 is 0 Å². The van der Waals surface area contributed by atoms with Crippen molar-refractivity contribution in [1.82, 2.24) is 5.43 Å². The third kappa shape index (κ3) is 3.08. The first-order chi connectivity index (χ1) is 13.2. The number of carbonyl (C=O) groups is 1. The van der Waals surface area contributed by atoms with E-state index in [0.29, 0.717) is 16.9 Å². The predicted octanol–water partition coefficient (Wildman–Crippen LogP) is 4.06. The molecule has 0 aliphatic rings. The molecule has 1 amide bonds. The molecular formula is C21H16N2O4. The Morgan fingerprint density at radius 1 is 1.11 bits per heavy atom. The van der Waals surface area contributed by atoms with Gasteiger partial charge in [-0.1, -0.05) is 36.4 Å². The fourth-order valence-electron chi connectivity index (χ4n) is 2.93. The molecule has 0 atom stereocenters. The molecule has 1 aromatic heterocycles. The van der Waals surface area contributed by atoms with Crippen LogP contribution in [-0.4, -0.2) is 24.3 Å². The number of hydrogen-bond acceptors (Lipinski definition) is 5. The van der Waals surface area contributed by atoms with E-state index < -0.39 is 5.91 Å². The molecule has 0 spiro atoms. The SMILES string of the molecule is COc1cccc(/C=N\NC(=O)c2cc3c(ccc4ccccc43)o2)c1O. The number of hydrazone groups is 1. The van der Waals surface area contributed by atoms with Crippen LogP contribution in [-0.2, 0) is 0 Å². The number of para-hydroxylation sites is 1. The second kappa shape index (κ2) is 6.84. The number of benzene rings is 3. The first-order valence-corrected chi connectivity index (χ1v) is 8.28. The third-order valence-corrected chi connectivity index (χ3v) is 4.27. The Balaban J connectivity index is 1.57. The molecule has 4 rings (SSSR count). The quantitative estimate of drug-likeness (QED) is 0.424. The van der Waals surface area contributed by atoms with Crippen molar-refractivity contribution in [3.63, 3.8) is 0 Å². The van der Waals surface area contributed by atoms with Crippen LogP contribution in [0.2, 0.25) is 0 Å². The molecule has 0 aliphatic carbocycles. The fourth-order valence-corrected chi connectivity index (χ4v) is 2.93. The van der Waals surface area contributed by atoms with Crippen LogP contribution in [0, 0.1) is 0 Å². The number of phenols is 1. The number of nitrogens with one attached hydrogen (secondary N) is 1. The van der Waals surface area contributed by atoms with Gasteiger partial charge in [-0.2, -0.15) is 5.10 Å². The number of carbonyl (C=O) groups excluding carboxylic acids is 1. The number of aromatic hydroxyl groups is 1. The summed E-state index contributed by atoms with van der Waals surface area (Å²) in [5, 5.41) is 16.9. The number of furan rings is 1. The van der Waals surface area contributed by atoms with Gasteiger partial charge in [0.15, 0.2) is 17.3 Å². The molecule has 6 heteroatoms. The summed E-state index contributed by atoms with van der Waals surface area (Å²) in [5.74, 6) is -0.0371. The zero-order valence-electron chi connectivity index (χ0n) is 14.5. The number of nitrogens with zero attached hydrogens (tertiary/aromatic N) is 1. The second-order valence-corrected chi connectivity index (χ2v) is 5.91. The van der Waals surface area contributed by atoms with Gasteiger partial charge in [-0.05, 0) is 35.0 Å². The van der Waals surface area contributed by atoms with Crippen LogP contribution in [0.3, 0.4) is 0 Å². The Hall–Kier alpha value is -3.80. The smallest absolute Gasteiger partial charge is 0.307 e. The monoisotopic (exact) mass is 360 g/mol. The second-order valence-electron chi connectivity index (χ2n) is 5.91. The van der Waals surface area contributed by atoms with Gasteiger partial charge in [0.05, 0.1) is 13.3 Å². The van der Waals surface area contributed by atoms with E-state index in [-0.39, 0.29) is 11.5 Å². The average Bonchev–Trinajstić information content (AvgIpc) is 3.14. The number of ether oxygens (including phenoxy) is 1. The molecule has 0 fully saturated rings. The Morgan fingerprint density at radius 3 is 2.81 bits per heavy atom. The van der Waals surface area contributed by atoms with Gasteiger partial charge in [0.1, 0.15) is 5.58 Å². The fraction of sp³-hybridized carbons (Fsp3) is 0.0476. The summed E-state index contributed by atoms with van der Waals surface area (Å²) in [4.78, 5) is 12.3. The summed E-state index contributed by atoms with van der Waals surface area (Å²) < 4.78 is 10.7. The summed E-state index contributed by atoms with van der Waals surface area (Å²) in [7, 11) is 1.46. The predicted molar refractivity (Wildman–Crippen MR) is 103 cm³/mol. The van der Waals surface area contributed by atoms with Gasteiger partial charge in [-0.3, -0.25) is 4.79 Å². The number of hydrogen-bond donors (Lipinski definition) is 2. The van der Waals surface area contributed by atoms with Crippen LogP contribution in [0.5, 0.6) is 11.5 Å². The molecule has 0 aliphatic heterocycles. The van der Waals surface area contributed by atoms with Crippen LogP contribution in [0.15, 0.2) is 70.2 Å². The Labute approximate surface area is 154 Å². The van der Waals surface area contributed by atoms with Crippen molar-refractivity contribution in [2.24, 2.45) is 5.10 Å². The van der Waals surface area contributed by atoms with Crippen molar-refractivity contribution < 1.29 is 19.1 Å². The molecule has 134 valence electrons. The third-order valence-electron chi connectivity index (χ3n) is 4.27. The lowest BCUT2D eigenvalue weighted by atomic mass is 10.1. The number of rotatable bonds is 4. The maximum atomic E-state index is 12.3. The summed E-state index contributed by atoms with van der Waals surface area (Å²) in [6, 6.07) is 18.4. The van der Waals surface area contributed by atoms with Crippen molar-refractivity contribution in [3.05, 3.63) is 72.0 Å². The van der Waals surface area contributed by atoms with E-state index in [4.69, 9.17) is 9.15 Å². The Bertz CT molecular complexity index is 1180. The summed E-state index contributed by atoms with van der Waals surface area (Å²) in [6.45, 7) is 0.